The molecule has 2 aromatic rings. The highest BCUT2D eigenvalue weighted by Gasteiger charge is 2.10. The molecule has 2 nitrogen and oxygen atoms in total. The Bertz CT molecular complexity index is 606. The fourth-order valence-corrected chi connectivity index (χ4v) is 3.06. The Morgan fingerprint density at radius 1 is 0.905 bits per heavy atom. The zero-order chi connectivity index (χ0) is 14.5. The lowest BCUT2D eigenvalue weighted by atomic mass is 9.92. The molecule has 0 fully saturated rings. The summed E-state index contributed by atoms with van der Waals surface area (Å²) in [6.45, 7) is 1.30. The average molecular weight is 281 g/mol. The van der Waals surface area contributed by atoms with E-state index in [1.165, 1.54) is 47.9 Å². The topological polar surface area (TPSA) is 35.2 Å². The van der Waals surface area contributed by atoms with Gasteiger partial charge in [0.2, 0.25) is 0 Å². The second-order valence-corrected chi connectivity index (χ2v) is 5.73. The van der Waals surface area contributed by atoms with E-state index in [0.717, 1.165) is 12.2 Å². The van der Waals surface area contributed by atoms with Crippen LogP contribution in [0.3, 0.4) is 0 Å². The van der Waals surface area contributed by atoms with E-state index in [-0.39, 0.29) is 0 Å². The molecule has 2 heteroatoms. The molecule has 2 aromatic carbocycles. The highest BCUT2D eigenvalue weighted by Crippen LogP contribution is 2.26. The molecule has 2 N–H and O–H groups in total. The van der Waals surface area contributed by atoms with Gasteiger partial charge in [-0.15, -0.1) is 0 Å². The van der Waals surface area contributed by atoms with Gasteiger partial charge in [-0.3, -0.25) is 0 Å². The second kappa shape index (κ2) is 6.77. The number of rotatable bonds is 5. The van der Waals surface area contributed by atoms with Gasteiger partial charge in [0, 0.05) is 0 Å². The maximum Gasteiger partial charge on any atom is 0.120 e. The number of aryl methyl sites for hydroxylation is 2. The Kier molecular flexibility index (Phi) is 4.56. The molecule has 0 amide bonds. The molecule has 0 aliphatic heterocycles. The summed E-state index contributed by atoms with van der Waals surface area (Å²) in [7, 11) is 0. The molecular formula is C19H23NO. The van der Waals surface area contributed by atoms with E-state index in [1.807, 2.05) is 0 Å². The van der Waals surface area contributed by atoms with Crippen LogP contribution in [0, 0.1) is 0 Å². The van der Waals surface area contributed by atoms with Crippen LogP contribution in [0.25, 0.3) is 0 Å². The molecule has 21 heavy (non-hydrogen) atoms. The molecule has 1 aliphatic rings. The summed E-state index contributed by atoms with van der Waals surface area (Å²) in [6.07, 6.45) is 5.93. The van der Waals surface area contributed by atoms with Crippen LogP contribution in [0.1, 0.15) is 35.1 Å². The fraction of sp³-hybridized carbons (Fsp3) is 0.368. The first-order valence-corrected chi connectivity index (χ1v) is 7.88. The lowest BCUT2D eigenvalue weighted by Crippen LogP contribution is -2.07. The van der Waals surface area contributed by atoms with Gasteiger partial charge in [0.25, 0.3) is 0 Å². The van der Waals surface area contributed by atoms with Crippen LogP contribution in [0.2, 0.25) is 0 Å². The van der Waals surface area contributed by atoms with E-state index in [2.05, 4.69) is 42.5 Å². The molecular weight excluding hydrogens is 258 g/mol. The van der Waals surface area contributed by atoms with Crippen LogP contribution >= 0.6 is 0 Å². The zero-order valence-corrected chi connectivity index (χ0v) is 12.5. The number of ether oxygens (including phenoxy) is 1. The van der Waals surface area contributed by atoms with Crippen molar-refractivity contribution in [2.24, 2.45) is 5.73 Å². The minimum Gasteiger partial charge on any atom is -0.489 e. The predicted octanol–water partition coefficient (Wildman–Crippen LogP) is 3.65. The van der Waals surface area contributed by atoms with Gasteiger partial charge in [0.15, 0.2) is 0 Å². The van der Waals surface area contributed by atoms with Crippen LogP contribution < -0.4 is 10.5 Å². The van der Waals surface area contributed by atoms with E-state index in [9.17, 15) is 0 Å². The molecule has 110 valence electrons. The lowest BCUT2D eigenvalue weighted by Gasteiger charge is -2.17. The summed E-state index contributed by atoms with van der Waals surface area (Å²) in [6, 6.07) is 15.0. The third kappa shape index (κ3) is 3.45. The van der Waals surface area contributed by atoms with Crippen molar-refractivity contribution < 1.29 is 4.74 Å². The Balaban J connectivity index is 1.70. The van der Waals surface area contributed by atoms with Gasteiger partial charge in [-0.25, -0.2) is 0 Å². The third-order valence-corrected chi connectivity index (χ3v) is 4.25. The van der Waals surface area contributed by atoms with Crippen molar-refractivity contribution in [3.05, 3.63) is 64.7 Å². The van der Waals surface area contributed by atoms with E-state index in [1.54, 1.807) is 0 Å². The van der Waals surface area contributed by atoms with Crippen molar-refractivity contribution in [3.8, 4) is 5.75 Å². The normalized spacial score (nSPS) is 13.8. The van der Waals surface area contributed by atoms with E-state index in [0.29, 0.717) is 13.2 Å². The molecule has 0 saturated carbocycles. The summed E-state index contributed by atoms with van der Waals surface area (Å²) < 4.78 is 6.00. The predicted molar refractivity (Wildman–Crippen MR) is 86.6 cm³/mol. The van der Waals surface area contributed by atoms with Gasteiger partial charge in [-0.2, -0.15) is 0 Å². The van der Waals surface area contributed by atoms with Crippen LogP contribution in [0.5, 0.6) is 5.75 Å². The Morgan fingerprint density at radius 2 is 1.67 bits per heavy atom. The highest BCUT2D eigenvalue weighted by molar-refractivity contribution is 5.37. The second-order valence-electron chi connectivity index (χ2n) is 5.73. The molecule has 0 bridgehead atoms. The SMILES string of the molecule is NCCc1ccccc1COc1ccc2c(c1)CCCC2. The quantitative estimate of drug-likeness (QED) is 0.908. The van der Waals surface area contributed by atoms with E-state index < -0.39 is 0 Å². The summed E-state index contributed by atoms with van der Waals surface area (Å²) in [5.74, 6) is 0.984. The molecule has 0 unspecified atom stereocenters. The van der Waals surface area contributed by atoms with Crippen molar-refractivity contribution in [2.45, 2.75) is 38.7 Å². The van der Waals surface area contributed by atoms with Gasteiger partial charge in [0.1, 0.15) is 12.4 Å². The Labute approximate surface area is 126 Å². The lowest BCUT2D eigenvalue weighted by molar-refractivity contribution is 0.304. The maximum absolute atomic E-state index is 6.00. The van der Waals surface area contributed by atoms with Crippen molar-refractivity contribution >= 4 is 0 Å². The minimum absolute atomic E-state index is 0.620. The first-order chi connectivity index (χ1) is 10.4. The fourth-order valence-electron chi connectivity index (χ4n) is 3.06. The zero-order valence-electron chi connectivity index (χ0n) is 12.5. The van der Waals surface area contributed by atoms with Crippen molar-refractivity contribution in [1.29, 1.82) is 0 Å². The molecule has 0 atom stereocenters. The number of nitrogens with two attached hydrogens (primary N) is 1. The largest absolute Gasteiger partial charge is 0.489 e. The molecule has 0 spiro atoms. The van der Waals surface area contributed by atoms with Crippen molar-refractivity contribution in [2.75, 3.05) is 6.54 Å². The van der Waals surface area contributed by atoms with Crippen LogP contribution in [0.4, 0.5) is 0 Å². The van der Waals surface area contributed by atoms with Crippen molar-refractivity contribution in [3.63, 3.8) is 0 Å². The van der Waals surface area contributed by atoms with Gasteiger partial charge < -0.3 is 10.5 Å². The summed E-state index contributed by atoms with van der Waals surface area (Å²) in [5, 5.41) is 0. The van der Waals surface area contributed by atoms with Crippen LogP contribution in [0.15, 0.2) is 42.5 Å². The number of fused-ring (bicyclic) bond motifs is 1. The average Bonchev–Trinajstić information content (AvgIpc) is 2.54. The third-order valence-electron chi connectivity index (χ3n) is 4.25. The standard InChI is InChI=1S/C19H23NO/c20-12-11-16-6-2-4-8-18(16)14-21-19-10-9-15-5-1-3-7-17(15)13-19/h2,4,6,8-10,13H,1,3,5,7,11-12,14,20H2. The Hall–Kier alpha value is -1.80. The molecule has 0 saturated heterocycles. The van der Waals surface area contributed by atoms with Gasteiger partial charge in [0.05, 0.1) is 0 Å². The minimum atomic E-state index is 0.620. The molecule has 3 rings (SSSR count). The van der Waals surface area contributed by atoms with E-state index in [4.69, 9.17) is 10.5 Å². The number of hydrogen-bond donors (Lipinski definition) is 1. The molecule has 1 aliphatic carbocycles. The number of benzene rings is 2. The Morgan fingerprint density at radius 3 is 2.48 bits per heavy atom. The van der Waals surface area contributed by atoms with Gasteiger partial charge >= 0.3 is 0 Å². The number of hydrogen-bond acceptors (Lipinski definition) is 2. The molecule has 0 aromatic heterocycles. The van der Waals surface area contributed by atoms with Crippen LogP contribution in [-0.2, 0) is 25.9 Å². The van der Waals surface area contributed by atoms with Crippen molar-refractivity contribution in [1.82, 2.24) is 0 Å². The van der Waals surface area contributed by atoms with Crippen LogP contribution in [-0.4, -0.2) is 6.54 Å². The monoisotopic (exact) mass is 281 g/mol. The maximum atomic E-state index is 6.00. The first kappa shape index (κ1) is 14.2. The summed E-state index contributed by atoms with van der Waals surface area (Å²) >= 11 is 0. The highest BCUT2D eigenvalue weighted by atomic mass is 16.5. The molecule has 0 heterocycles. The van der Waals surface area contributed by atoms with Gasteiger partial charge in [-0.05, 0) is 73.0 Å². The van der Waals surface area contributed by atoms with E-state index >= 15 is 0 Å². The summed E-state index contributed by atoms with van der Waals surface area (Å²) in [5.41, 5.74) is 11.2. The van der Waals surface area contributed by atoms with Gasteiger partial charge in [-0.1, -0.05) is 30.3 Å². The molecule has 0 radical (unpaired) electrons. The smallest absolute Gasteiger partial charge is 0.120 e. The summed E-state index contributed by atoms with van der Waals surface area (Å²) in [4.78, 5) is 0. The first-order valence-electron chi connectivity index (χ1n) is 7.88.